The summed E-state index contributed by atoms with van der Waals surface area (Å²) in [5.74, 6) is -0.0909. The molecular formula is C24H25NO4S. The van der Waals surface area contributed by atoms with Crippen LogP contribution in [0.4, 0.5) is 5.69 Å². The number of esters is 1. The Bertz CT molecular complexity index is 1200. The molecule has 5 nitrogen and oxygen atoms in total. The number of rotatable bonds is 5. The van der Waals surface area contributed by atoms with Crippen LogP contribution < -0.4 is 9.04 Å². The summed E-state index contributed by atoms with van der Waals surface area (Å²) in [5.41, 5.74) is 4.49. The number of nitrogens with zero attached hydrogens (tertiary/aromatic N) is 1. The summed E-state index contributed by atoms with van der Waals surface area (Å²) >= 11 is 0. The van der Waals surface area contributed by atoms with Gasteiger partial charge in [-0.15, -0.1) is 0 Å². The van der Waals surface area contributed by atoms with Crippen LogP contribution in [0.5, 0.6) is 5.75 Å². The third-order valence-corrected chi connectivity index (χ3v) is 6.98. The summed E-state index contributed by atoms with van der Waals surface area (Å²) in [5, 5.41) is 0. The minimum Gasteiger partial charge on any atom is -0.422 e. The molecule has 0 aromatic heterocycles. The Morgan fingerprint density at radius 1 is 0.867 bits per heavy atom. The highest BCUT2D eigenvalue weighted by molar-refractivity contribution is 7.92. The van der Waals surface area contributed by atoms with Crippen LogP contribution >= 0.6 is 0 Å². The zero-order valence-corrected chi connectivity index (χ0v) is 18.6. The third-order valence-electron chi connectivity index (χ3n) is 5.19. The van der Waals surface area contributed by atoms with Crippen molar-refractivity contribution in [2.75, 3.05) is 11.4 Å². The minimum atomic E-state index is -3.83. The molecule has 0 N–H and O–H groups in total. The van der Waals surface area contributed by atoms with Crippen molar-refractivity contribution in [1.82, 2.24) is 0 Å². The van der Waals surface area contributed by atoms with Gasteiger partial charge in [0.05, 0.1) is 16.1 Å². The van der Waals surface area contributed by atoms with E-state index in [2.05, 4.69) is 0 Å². The largest absolute Gasteiger partial charge is 0.422 e. The first-order chi connectivity index (χ1) is 14.1. The fraction of sp³-hybridized carbons (Fsp3) is 0.208. The molecule has 0 atom stereocenters. The van der Waals surface area contributed by atoms with E-state index in [1.54, 1.807) is 24.3 Å². The Morgan fingerprint density at radius 2 is 1.50 bits per heavy atom. The van der Waals surface area contributed by atoms with Gasteiger partial charge in [0.1, 0.15) is 5.75 Å². The Labute approximate surface area is 178 Å². The van der Waals surface area contributed by atoms with Gasteiger partial charge in [0, 0.05) is 7.05 Å². The molecule has 0 fully saturated rings. The number of hydrogen-bond acceptors (Lipinski definition) is 4. The summed E-state index contributed by atoms with van der Waals surface area (Å²) in [6.07, 6.45) is 0. The zero-order chi connectivity index (χ0) is 22.1. The van der Waals surface area contributed by atoms with Crippen molar-refractivity contribution in [1.29, 1.82) is 0 Å². The fourth-order valence-corrected chi connectivity index (χ4v) is 4.31. The van der Waals surface area contributed by atoms with E-state index in [0.29, 0.717) is 11.4 Å². The van der Waals surface area contributed by atoms with E-state index >= 15 is 0 Å². The highest BCUT2D eigenvalue weighted by atomic mass is 32.2. The maximum atomic E-state index is 13.1. The Morgan fingerprint density at radius 3 is 2.17 bits per heavy atom. The number of hydrogen-bond donors (Lipinski definition) is 0. The van der Waals surface area contributed by atoms with Crippen molar-refractivity contribution in [3.8, 4) is 5.75 Å². The second-order valence-corrected chi connectivity index (χ2v) is 9.35. The van der Waals surface area contributed by atoms with E-state index in [9.17, 15) is 13.2 Å². The number of anilines is 1. The van der Waals surface area contributed by atoms with Crippen LogP contribution in [-0.4, -0.2) is 21.4 Å². The molecule has 0 saturated carbocycles. The van der Waals surface area contributed by atoms with Gasteiger partial charge in [-0.25, -0.2) is 13.2 Å². The number of sulfonamides is 1. The molecule has 0 saturated heterocycles. The van der Waals surface area contributed by atoms with Crippen molar-refractivity contribution < 1.29 is 17.9 Å². The highest BCUT2D eigenvalue weighted by Crippen LogP contribution is 2.27. The van der Waals surface area contributed by atoms with Gasteiger partial charge in [0.25, 0.3) is 10.0 Å². The minimum absolute atomic E-state index is 0.0257. The van der Waals surface area contributed by atoms with Crippen molar-refractivity contribution in [2.45, 2.75) is 32.6 Å². The van der Waals surface area contributed by atoms with Crippen LogP contribution in [-0.2, 0) is 10.0 Å². The molecule has 3 aromatic rings. The van der Waals surface area contributed by atoms with Gasteiger partial charge >= 0.3 is 5.97 Å². The summed E-state index contributed by atoms with van der Waals surface area (Å²) in [6.45, 7) is 7.64. The molecule has 0 unspecified atom stereocenters. The van der Waals surface area contributed by atoms with Crippen molar-refractivity contribution in [3.63, 3.8) is 0 Å². The van der Waals surface area contributed by atoms with E-state index < -0.39 is 16.0 Å². The Balaban J connectivity index is 1.91. The first-order valence-electron chi connectivity index (χ1n) is 9.56. The molecule has 0 aliphatic heterocycles. The van der Waals surface area contributed by atoms with Crippen LogP contribution in [0.3, 0.4) is 0 Å². The lowest BCUT2D eigenvalue weighted by Gasteiger charge is -2.20. The Hall–Kier alpha value is -3.12. The first-order valence-corrected chi connectivity index (χ1v) is 11.0. The average molecular weight is 424 g/mol. The van der Waals surface area contributed by atoms with E-state index in [0.717, 1.165) is 22.3 Å². The second-order valence-electron chi connectivity index (χ2n) is 7.38. The summed E-state index contributed by atoms with van der Waals surface area (Å²) < 4.78 is 33.0. The molecule has 3 rings (SSSR count). The third kappa shape index (κ3) is 4.24. The normalized spacial score (nSPS) is 11.2. The predicted molar refractivity (Wildman–Crippen MR) is 119 cm³/mol. The van der Waals surface area contributed by atoms with Crippen molar-refractivity contribution >= 4 is 21.7 Å². The van der Waals surface area contributed by atoms with Gasteiger partial charge in [0.2, 0.25) is 0 Å². The number of carbonyl (C=O) groups is 1. The molecule has 0 amide bonds. The lowest BCUT2D eigenvalue weighted by atomic mass is 10.1. The smallest absolute Gasteiger partial charge is 0.343 e. The molecule has 0 radical (unpaired) electrons. The van der Waals surface area contributed by atoms with Gasteiger partial charge in [-0.1, -0.05) is 35.9 Å². The molecule has 156 valence electrons. The van der Waals surface area contributed by atoms with Gasteiger partial charge < -0.3 is 4.74 Å². The van der Waals surface area contributed by atoms with Crippen LogP contribution in [0.2, 0.25) is 0 Å². The number of carbonyl (C=O) groups excluding carboxylic acids is 1. The SMILES string of the molecule is Cc1ccc(N(C)S(=O)(=O)c2cccc(C(=O)Oc3c(C)ccc(C)c3C)c2)cc1. The molecular weight excluding hydrogens is 398 g/mol. The van der Waals surface area contributed by atoms with E-state index in [4.69, 9.17) is 4.74 Å². The van der Waals surface area contributed by atoms with E-state index in [-0.39, 0.29) is 10.5 Å². The fourth-order valence-electron chi connectivity index (χ4n) is 3.07. The summed E-state index contributed by atoms with van der Waals surface area (Å²) in [7, 11) is -2.34. The maximum Gasteiger partial charge on any atom is 0.343 e. The van der Waals surface area contributed by atoms with Gasteiger partial charge in [-0.2, -0.15) is 0 Å². The maximum absolute atomic E-state index is 13.1. The van der Waals surface area contributed by atoms with Crippen molar-refractivity contribution in [3.05, 3.63) is 88.5 Å². The lowest BCUT2D eigenvalue weighted by Crippen LogP contribution is -2.26. The number of ether oxygens (including phenoxy) is 1. The molecule has 0 aliphatic carbocycles. The van der Waals surface area contributed by atoms with Crippen molar-refractivity contribution in [2.24, 2.45) is 0 Å². The zero-order valence-electron chi connectivity index (χ0n) is 17.8. The number of benzene rings is 3. The monoisotopic (exact) mass is 423 g/mol. The van der Waals surface area contributed by atoms with Crippen LogP contribution in [0, 0.1) is 27.7 Å². The van der Waals surface area contributed by atoms with Crippen LogP contribution in [0.25, 0.3) is 0 Å². The molecule has 0 heterocycles. The summed E-state index contributed by atoms with van der Waals surface area (Å²) in [6, 6.07) is 17.0. The molecule has 0 aliphatic rings. The van der Waals surface area contributed by atoms with Gasteiger partial charge in [-0.05, 0) is 74.7 Å². The molecule has 0 spiro atoms. The van der Waals surface area contributed by atoms with Crippen LogP contribution in [0.15, 0.2) is 65.6 Å². The molecule has 30 heavy (non-hydrogen) atoms. The standard InChI is InChI=1S/C24H25NO4S/c1-16-9-13-21(14-10-16)25(5)30(27,28)22-8-6-7-20(15-22)24(26)29-23-18(3)12-11-17(2)19(23)4/h6-15H,1-5H3. The topological polar surface area (TPSA) is 63.7 Å². The average Bonchev–Trinajstić information content (AvgIpc) is 2.74. The quantitative estimate of drug-likeness (QED) is 0.430. The van der Waals surface area contributed by atoms with Gasteiger partial charge in [0.15, 0.2) is 0 Å². The molecule has 0 bridgehead atoms. The first kappa shape index (κ1) is 21.6. The summed E-state index contributed by atoms with van der Waals surface area (Å²) in [4.78, 5) is 12.8. The molecule has 6 heteroatoms. The van der Waals surface area contributed by atoms with E-state index in [1.165, 1.54) is 23.5 Å². The van der Waals surface area contributed by atoms with Gasteiger partial charge in [-0.3, -0.25) is 4.31 Å². The number of aryl methyl sites for hydroxylation is 3. The molecule has 3 aromatic carbocycles. The lowest BCUT2D eigenvalue weighted by molar-refractivity contribution is 0.0732. The van der Waals surface area contributed by atoms with E-state index in [1.807, 2.05) is 52.0 Å². The highest BCUT2D eigenvalue weighted by Gasteiger charge is 2.23. The van der Waals surface area contributed by atoms with Crippen LogP contribution in [0.1, 0.15) is 32.6 Å². The predicted octanol–water partition coefficient (Wildman–Crippen LogP) is 4.96. The second kappa shape index (κ2) is 8.32. The Kier molecular flexibility index (Phi) is 5.99.